The Kier molecular flexibility index (Phi) is 10.2. The van der Waals surface area contributed by atoms with E-state index < -0.39 is 23.8 Å². The third kappa shape index (κ3) is 7.24. The van der Waals surface area contributed by atoms with E-state index in [1.807, 2.05) is 47.4 Å². The summed E-state index contributed by atoms with van der Waals surface area (Å²) < 4.78 is 0. The molecule has 1 atom stereocenters. The van der Waals surface area contributed by atoms with Gasteiger partial charge >= 0.3 is 0 Å². The van der Waals surface area contributed by atoms with Crippen molar-refractivity contribution in [2.24, 2.45) is 11.3 Å². The molecule has 4 saturated heterocycles. The second kappa shape index (κ2) is 15.5. The number of hydrogen-bond donors (Lipinski definition) is 1. The summed E-state index contributed by atoms with van der Waals surface area (Å²) in [5, 5.41) is 12.0. The predicted octanol–water partition coefficient (Wildman–Crippen LogP) is 5.41. The molecule has 6 aliphatic heterocycles. The van der Waals surface area contributed by atoms with Crippen LogP contribution in [0.3, 0.4) is 0 Å². The number of nitrogens with one attached hydrogen (secondary N) is 1. The highest BCUT2D eigenvalue weighted by molar-refractivity contribution is 6.32. The number of carbonyl (C=O) groups is 5. The number of fused-ring (bicyclic) bond motifs is 2. The molecule has 1 spiro atoms. The van der Waals surface area contributed by atoms with Gasteiger partial charge in [0.1, 0.15) is 12.1 Å². The Morgan fingerprint density at radius 3 is 2.14 bits per heavy atom. The van der Waals surface area contributed by atoms with Crippen molar-refractivity contribution in [2.45, 2.75) is 70.4 Å². The zero-order chi connectivity index (χ0) is 40.1. The number of piperidine rings is 3. The van der Waals surface area contributed by atoms with Crippen molar-refractivity contribution < 1.29 is 24.0 Å². The van der Waals surface area contributed by atoms with Gasteiger partial charge < -0.3 is 14.7 Å². The van der Waals surface area contributed by atoms with Gasteiger partial charge in [-0.25, -0.2) is 0 Å². The van der Waals surface area contributed by atoms with E-state index in [-0.39, 0.29) is 30.1 Å². The summed E-state index contributed by atoms with van der Waals surface area (Å²) in [7, 11) is 0. The standard InChI is InChI=1S/C45H48ClN7O5/c46-38-25-35(6-3-32(38)26-47)52-22-15-45(28-52)13-20-50(21-14-45)34-4-1-30(2-5-34)42(56)51-18-10-29(11-19-51)9-16-49-17-12-31-23-36-37(24-33(31)27-49)44(58)53(43(36)57)39-7-8-40(54)48-41(39)55/h1-6,23-25,29,39H,7-22,27-28H2,(H,48,54,55). The van der Waals surface area contributed by atoms with Crippen molar-refractivity contribution in [3.8, 4) is 6.07 Å². The van der Waals surface area contributed by atoms with E-state index in [9.17, 15) is 29.2 Å². The maximum absolute atomic E-state index is 13.5. The molecule has 1 N–H and O–H groups in total. The molecule has 9 rings (SSSR count). The molecule has 0 saturated carbocycles. The van der Waals surface area contributed by atoms with Gasteiger partial charge in [0.2, 0.25) is 11.8 Å². The fourth-order valence-electron chi connectivity index (χ4n) is 10.2. The molecule has 4 fully saturated rings. The average Bonchev–Trinajstić information content (AvgIpc) is 3.76. The van der Waals surface area contributed by atoms with Crippen LogP contribution in [0.1, 0.15) is 99.1 Å². The van der Waals surface area contributed by atoms with E-state index in [1.54, 1.807) is 0 Å². The molecular formula is C45H48ClN7O5. The fraction of sp³-hybridized carbons (Fsp3) is 0.467. The number of amides is 5. The lowest BCUT2D eigenvalue weighted by atomic mass is 9.77. The highest BCUT2D eigenvalue weighted by atomic mass is 35.5. The Hall–Kier alpha value is -5.25. The molecule has 0 aromatic heterocycles. The summed E-state index contributed by atoms with van der Waals surface area (Å²) in [5.41, 5.74) is 6.58. The summed E-state index contributed by atoms with van der Waals surface area (Å²) in [5.74, 6) is -1.28. The Labute approximate surface area is 343 Å². The monoisotopic (exact) mass is 801 g/mol. The first-order valence-electron chi connectivity index (χ1n) is 20.8. The highest BCUT2D eigenvalue weighted by Gasteiger charge is 2.45. The average molecular weight is 802 g/mol. The summed E-state index contributed by atoms with van der Waals surface area (Å²) in [6.45, 7) is 7.96. The SMILES string of the molecule is N#Cc1ccc(N2CCC3(CCN(c4ccc(C(=O)N5CCC(CCN6CCc7cc8c(cc7C6)C(=O)N(C6CCC(=O)NC6=O)C8=O)CC5)cc4)CC3)C2)cc1Cl. The van der Waals surface area contributed by atoms with Crippen molar-refractivity contribution >= 4 is 52.5 Å². The lowest BCUT2D eigenvalue weighted by Gasteiger charge is -2.40. The molecule has 5 amide bonds. The van der Waals surface area contributed by atoms with E-state index in [0.29, 0.717) is 34.2 Å². The Balaban J connectivity index is 0.725. The first-order valence-corrected chi connectivity index (χ1v) is 21.1. The molecule has 58 heavy (non-hydrogen) atoms. The minimum atomic E-state index is -0.964. The summed E-state index contributed by atoms with van der Waals surface area (Å²) in [6.07, 6.45) is 7.39. The van der Waals surface area contributed by atoms with Crippen LogP contribution in [-0.4, -0.2) is 103 Å². The Bertz CT molecular complexity index is 2220. The van der Waals surface area contributed by atoms with E-state index in [0.717, 1.165) is 130 Å². The van der Waals surface area contributed by atoms with Crippen molar-refractivity contribution in [2.75, 3.05) is 62.2 Å². The summed E-state index contributed by atoms with van der Waals surface area (Å²) in [6, 6.07) is 18.8. The molecule has 3 aromatic carbocycles. The van der Waals surface area contributed by atoms with Gasteiger partial charge in [0.15, 0.2) is 0 Å². The van der Waals surface area contributed by atoms with Crippen molar-refractivity contribution in [3.05, 3.63) is 93.0 Å². The van der Waals surface area contributed by atoms with Crippen molar-refractivity contribution in [1.82, 2.24) is 20.0 Å². The molecule has 1 unspecified atom stereocenters. The van der Waals surface area contributed by atoms with Gasteiger partial charge in [-0.1, -0.05) is 11.6 Å². The first kappa shape index (κ1) is 38.3. The largest absolute Gasteiger partial charge is 0.371 e. The third-order valence-corrected chi connectivity index (χ3v) is 14.1. The van der Waals surface area contributed by atoms with Gasteiger partial charge in [-0.05, 0) is 135 Å². The molecule has 3 aromatic rings. The molecule has 6 heterocycles. The van der Waals surface area contributed by atoms with E-state index >= 15 is 0 Å². The lowest BCUT2D eigenvalue weighted by Crippen LogP contribution is -2.54. The number of halogens is 1. The minimum Gasteiger partial charge on any atom is -0.371 e. The van der Waals surface area contributed by atoms with Crippen LogP contribution in [0.25, 0.3) is 0 Å². The number of carbonyl (C=O) groups excluding carboxylic acids is 5. The van der Waals surface area contributed by atoms with E-state index in [2.05, 4.69) is 38.2 Å². The van der Waals surface area contributed by atoms with Gasteiger partial charge in [0.25, 0.3) is 17.7 Å². The molecule has 0 bridgehead atoms. The second-order valence-electron chi connectivity index (χ2n) is 17.1. The van der Waals surface area contributed by atoms with E-state index in [1.165, 1.54) is 0 Å². The molecule has 13 heteroatoms. The topological polar surface area (TPSA) is 137 Å². The van der Waals surface area contributed by atoms with Crippen LogP contribution in [-0.2, 0) is 22.6 Å². The number of likely N-dealkylation sites (tertiary alicyclic amines) is 1. The van der Waals surface area contributed by atoms with Crippen molar-refractivity contribution in [1.29, 1.82) is 5.26 Å². The van der Waals surface area contributed by atoms with E-state index in [4.69, 9.17) is 11.6 Å². The number of anilines is 2. The smallest absolute Gasteiger partial charge is 0.262 e. The number of rotatable bonds is 7. The molecule has 6 aliphatic rings. The number of nitriles is 1. The predicted molar refractivity (Wildman–Crippen MR) is 219 cm³/mol. The number of benzene rings is 3. The first-order chi connectivity index (χ1) is 28.1. The fourth-order valence-corrected chi connectivity index (χ4v) is 10.4. The zero-order valence-electron chi connectivity index (χ0n) is 32.7. The molecule has 300 valence electrons. The van der Waals surface area contributed by atoms with Crippen LogP contribution in [0.2, 0.25) is 5.02 Å². The molecule has 0 aliphatic carbocycles. The highest BCUT2D eigenvalue weighted by Crippen LogP contribution is 2.43. The Morgan fingerprint density at radius 2 is 1.47 bits per heavy atom. The van der Waals surface area contributed by atoms with Crippen LogP contribution >= 0.6 is 11.6 Å². The zero-order valence-corrected chi connectivity index (χ0v) is 33.4. The van der Waals surface area contributed by atoms with Crippen molar-refractivity contribution in [3.63, 3.8) is 0 Å². The Morgan fingerprint density at radius 1 is 0.793 bits per heavy atom. The third-order valence-electron chi connectivity index (χ3n) is 13.8. The van der Waals surface area contributed by atoms with Gasteiger partial charge in [-0.3, -0.25) is 39.1 Å². The molecular weight excluding hydrogens is 754 g/mol. The van der Waals surface area contributed by atoms with Crippen LogP contribution in [0.15, 0.2) is 54.6 Å². The molecule has 12 nitrogen and oxygen atoms in total. The quantitative estimate of drug-likeness (QED) is 0.311. The van der Waals surface area contributed by atoms with Crippen LogP contribution in [0, 0.1) is 22.7 Å². The summed E-state index contributed by atoms with van der Waals surface area (Å²) >= 11 is 6.33. The van der Waals surface area contributed by atoms with Gasteiger partial charge in [0.05, 0.1) is 21.7 Å². The minimum absolute atomic E-state index is 0.0981. The maximum Gasteiger partial charge on any atom is 0.262 e. The normalized spacial score (nSPS) is 22.3. The van der Waals surface area contributed by atoms with Crippen LogP contribution in [0.4, 0.5) is 11.4 Å². The lowest BCUT2D eigenvalue weighted by molar-refractivity contribution is -0.136. The number of nitrogens with zero attached hydrogens (tertiary/aromatic N) is 6. The number of hydrogen-bond acceptors (Lipinski definition) is 9. The number of imide groups is 2. The second-order valence-corrected chi connectivity index (χ2v) is 17.6. The van der Waals surface area contributed by atoms with Crippen LogP contribution < -0.4 is 15.1 Å². The van der Waals surface area contributed by atoms with Gasteiger partial charge in [-0.2, -0.15) is 5.26 Å². The van der Waals surface area contributed by atoms with Gasteiger partial charge in [0, 0.05) is 75.7 Å². The molecule has 0 radical (unpaired) electrons. The van der Waals surface area contributed by atoms with Gasteiger partial charge in [-0.15, -0.1) is 0 Å². The summed E-state index contributed by atoms with van der Waals surface area (Å²) in [4.78, 5) is 74.6. The maximum atomic E-state index is 13.5. The van der Waals surface area contributed by atoms with Crippen LogP contribution in [0.5, 0.6) is 0 Å².